The summed E-state index contributed by atoms with van der Waals surface area (Å²) in [7, 11) is 0. The van der Waals surface area contributed by atoms with Gasteiger partial charge in [0.1, 0.15) is 6.54 Å². The maximum absolute atomic E-state index is 12.7. The van der Waals surface area contributed by atoms with Crippen molar-refractivity contribution < 1.29 is 9.32 Å². The second-order valence-electron chi connectivity index (χ2n) is 7.24. The molecule has 1 aromatic carbocycles. The van der Waals surface area contributed by atoms with Gasteiger partial charge < -0.3 is 9.42 Å². The van der Waals surface area contributed by atoms with Crippen LogP contribution in [0.15, 0.2) is 39.9 Å². The third-order valence-corrected chi connectivity index (χ3v) is 5.14. The molecule has 3 heterocycles. The number of aromatic nitrogens is 3. The Morgan fingerprint density at radius 1 is 1.18 bits per heavy atom. The first-order chi connectivity index (χ1) is 13.5. The largest absolute Gasteiger partial charge is 0.360 e. The van der Waals surface area contributed by atoms with Gasteiger partial charge in [-0.05, 0) is 25.5 Å². The predicted molar refractivity (Wildman–Crippen MR) is 104 cm³/mol. The van der Waals surface area contributed by atoms with Gasteiger partial charge in [0.15, 0.2) is 5.76 Å². The Morgan fingerprint density at radius 2 is 1.96 bits per heavy atom. The first-order valence-corrected chi connectivity index (χ1v) is 9.38. The Hall–Kier alpha value is -3.00. The number of benzene rings is 1. The number of carbonyl (C=O) groups excluding carboxylic acids is 1. The van der Waals surface area contributed by atoms with Crippen LogP contribution in [0.4, 0.5) is 0 Å². The molecule has 0 N–H and O–H groups in total. The van der Waals surface area contributed by atoms with E-state index in [1.165, 1.54) is 10.9 Å². The van der Waals surface area contributed by atoms with Crippen molar-refractivity contribution in [1.29, 1.82) is 0 Å². The predicted octanol–water partition coefficient (Wildman–Crippen LogP) is 1.35. The maximum Gasteiger partial charge on any atom is 0.261 e. The molecule has 28 heavy (non-hydrogen) atoms. The van der Waals surface area contributed by atoms with Crippen LogP contribution in [0.3, 0.4) is 0 Å². The fourth-order valence-corrected chi connectivity index (χ4v) is 3.56. The van der Waals surface area contributed by atoms with E-state index in [-0.39, 0.29) is 18.0 Å². The molecule has 0 saturated carbocycles. The smallest absolute Gasteiger partial charge is 0.261 e. The highest BCUT2D eigenvalue weighted by Crippen LogP contribution is 2.12. The first kappa shape index (κ1) is 18.4. The quantitative estimate of drug-likeness (QED) is 0.678. The molecule has 8 nitrogen and oxygen atoms in total. The molecule has 1 aliphatic heterocycles. The van der Waals surface area contributed by atoms with Gasteiger partial charge in [0.25, 0.3) is 5.56 Å². The van der Waals surface area contributed by atoms with Crippen molar-refractivity contribution in [2.45, 2.75) is 26.9 Å². The summed E-state index contributed by atoms with van der Waals surface area (Å²) in [6, 6.07) is 7.44. The standard InChI is InChI=1S/C20H23N5O3/c1-14-4-3-5-17-19(14)21-13-25(20(17)27)12-18(26)24-8-6-23(7-9-24)11-16-10-15(2)22-28-16/h3-5,10,13H,6-9,11-12H2,1-2H3. The Balaban J connectivity index is 1.39. The zero-order chi connectivity index (χ0) is 19.7. The van der Waals surface area contributed by atoms with E-state index in [1.807, 2.05) is 32.0 Å². The minimum absolute atomic E-state index is 0.0109. The average Bonchev–Trinajstić information content (AvgIpc) is 3.10. The number of hydrogen-bond acceptors (Lipinski definition) is 6. The van der Waals surface area contributed by atoms with Crippen LogP contribution in [0.2, 0.25) is 0 Å². The van der Waals surface area contributed by atoms with Crippen LogP contribution in [-0.2, 0) is 17.9 Å². The lowest BCUT2D eigenvalue weighted by Gasteiger charge is -2.34. The molecule has 1 saturated heterocycles. The molecule has 2 aromatic heterocycles. The van der Waals surface area contributed by atoms with E-state index in [0.717, 1.165) is 30.1 Å². The monoisotopic (exact) mass is 381 g/mol. The number of piperazine rings is 1. The minimum Gasteiger partial charge on any atom is -0.360 e. The van der Waals surface area contributed by atoms with Crippen LogP contribution in [0.25, 0.3) is 10.9 Å². The van der Waals surface area contributed by atoms with Gasteiger partial charge in [-0.2, -0.15) is 0 Å². The SMILES string of the molecule is Cc1cc(CN2CCN(C(=O)Cn3cnc4c(C)cccc4c3=O)CC2)on1. The lowest BCUT2D eigenvalue weighted by Crippen LogP contribution is -2.49. The summed E-state index contributed by atoms with van der Waals surface area (Å²) >= 11 is 0. The average molecular weight is 381 g/mol. The summed E-state index contributed by atoms with van der Waals surface area (Å²) in [5.74, 6) is 0.771. The highest BCUT2D eigenvalue weighted by Gasteiger charge is 2.22. The van der Waals surface area contributed by atoms with E-state index in [1.54, 1.807) is 11.0 Å². The molecule has 0 atom stereocenters. The summed E-state index contributed by atoms with van der Waals surface area (Å²) < 4.78 is 6.66. The molecular weight excluding hydrogens is 358 g/mol. The van der Waals surface area contributed by atoms with Gasteiger partial charge >= 0.3 is 0 Å². The molecule has 146 valence electrons. The highest BCUT2D eigenvalue weighted by atomic mass is 16.5. The Bertz CT molecular complexity index is 1060. The van der Waals surface area contributed by atoms with E-state index in [9.17, 15) is 9.59 Å². The van der Waals surface area contributed by atoms with Gasteiger partial charge in [-0.15, -0.1) is 0 Å². The lowest BCUT2D eigenvalue weighted by atomic mass is 10.1. The molecule has 0 aliphatic carbocycles. The number of aryl methyl sites for hydroxylation is 2. The molecule has 1 amide bonds. The number of carbonyl (C=O) groups is 1. The Morgan fingerprint density at radius 3 is 2.68 bits per heavy atom. The zero-order valence-electron chi connectivity index (χ0n) is 16.1. The number of nitrogens with zero attached hydrogens (tertiary/aromatic N) is 5. The third kappa shape index (κ3) is 3.68. The van der Waals surface area contributed by atoms with Crippen LogP contribution >= 0.6 is 0 Å². The van der Waals surface area contributed by atoms with E-state index < -0.39 is 0 Å². The maximum atomic E-state index is 12.7. The molecule has 8 heteroatoms. The van der Waals surface area contributed by atoms with Crippen molar-refractivity contribution in [3.8, 4) is 0 Å². The summed E-state index contributed by atoms with van der Waals surface area (Å²) in [5.41, 5.74) is 2.33. The number of hydrogen-bond donors (Lipinski definition) is 0. The van der Waals surface area contributed by atoms with Gasteiger partial charge in [-0.3, -0.25) is 19.1 Å². The van der Waals surface area contributed by atoms with Crippen LogP contribution in [-0.4, -0.2) is 56.6 Å². The summed E-state index contributed by atoms with van der Waals surface area (Å²) in [6.45, 7) is 7.29. The van der Waals surface area contributed by atoms with Crippen molar-refractivity contribution in [2.24, 2.45) is 0 Å². The molecule has 3 aromatic rings. The van der Waals surface area contributed by atoms with Crippen LogP contribution in [0, 0.1) is 13.8 Å². The molecular formula is C20H23N5O3. The normalized spacial score (nSPS) is 15.3. The van der Waals surface area contributed by atoms with E-state index in [4.69, 9.17) is 4.52 Å². The topological polar surface area (TPSA) is 84.5 Å². The number of fused-ring (bicyclic) bond motifs is 1. The number of amides is 1. The molecule has 0 bridgehead atoms. The lowest BCUT2D eigenvalue weighted by molar-refractivity contribution is -0.133. The molecule has 1 fully saturated rings. The summed E-state index contributed by atoms with van der Waals surface area (Å²) in [6.07, 6.45) is 1.47. The van der Waals surface area contributed by atoms with Gasteiger partial charge in [-0.25, -0.2) is 4.98 Å². The van der Waals surface area contributed by atoms with Crippen molar-refractivity contribution in [3.05, 3.63) is 58.0 Å². The van der Waals surface area contributed by atoms with Gasteiger partial charge in [-0.1, -0.05) is 17.3 Å². The van der Waals surface area contributed by atoms with E-state index in [0.29, 0.717) is 30.5 Å². The van der Waals surface area contributed by atoms with Crippen molar-refractivity contribution >= 4 is 16.8 Å². The second-order valence-corrected chi connectivity index (χ2v) is 7.24. The van der Waals surface area contributed by atoms with Crippen LogP contribution in [0.1, 0.15) is 17.0 Å². The molecule has 4 rings (SSSR count). The van der Waals surface area contributed by atoms with E-state index in [2.05, 4.69) is 15.0 Å². The molecule has 1 aliphatic rings. The number of rotatable bonds is 4. The zero-order valence-corrected chi connectivity index (χ0v) is 16.1. The van der Waals surface area contributed by atoms with Crippen molar-refractivity contribution in [1.82, 2.24) is 24.5 Å². The van der Waals surface area contributed by atoms with Crippen LogP contribution in [0.5, 0.6) is 0 Å². The highest BCUT2D eigenvalue weighted by molar-refractivity contribution is 5.81. The van der Waals surface area contributed by atoms with Crippen LogP contribution < -0.4 is 5.56 Å². The van der Waals surface area contributed by atoms with Gasteiger partial charge in [0.05, 0.1) is 29.5 Å². The van der Waals surface area contributed by atoms with Crippen molar-refractivity contribution in [2.75, 3.05) is 26.2 Å². The van der Waals surface area contributed by atoms with Gasteiger partial charge in [0, 0.05) is 32.2 Å². The molecule has 0 spiro atoms. The summed E-state index contributed by atoms with van der Waals surface area (Å²) in [5, 5.41) is 4.45. The summed E-state index contributed by atoms with van der Waals surface area (Å²) in [4.78, 5) is 33.8. The Labute approximate surface area is 162 Å². The third-order valence-electron chi connectivity index (χ3n) is 5.14. The van der Waals surface area contributed by atoms with Crippen molar-refractivity contribution in [3.63, 3.8) is 0 Å². The Kier molecular flexibility index (Phi) is 4.95. The number of para-hydroxylation sites is 1. The fraction of sp³-hybridized carbons (Fsp3) is 0.400. The van der Waals surface area contributed by atoms with E-state index >= 15 is 0 Å². The fourth-order valence-electron chi connectivity index (χ4n) is 3.56. The molecule has 0 radical (unpaired) electrons. The minimum atomic E-state index is -0.179. The van der Waals surface area contributed by atoms with Gasteiger partial charge in [0.2, 0.25) is 5.91 Å². The molecule has 0 unspecified atom stereocenters. The second kappa shape index (κ2) is 7.55. The first-order valence-electron chi connectivity index (χ1n) is 9.38.